The number of benzene rings is 2. The van der Waals surface area contributed by atoms with Gasteiger partial charge in [0.15, 0.2) is 11.4 Å². The van der Waals surface area contributed by atoms with Gasteiger partial charge in [-0.1, -0.05) is 60.7 Å². The predicted molar refractivity (Wildman–Crippen MR) is 126 cm³/mol. The number of hydrogen-bond acceptors (Lipinski definition) is 5. The summed E-state index contributed by atoms with van der Waals surface area (Å²) in [7, 11) is 0. The van der Waals surface area contributed by atoms with Crippen LogP contribution >= 0.6 is 0 Å². The molecule has 32 heavy (non-hydrogen) atoms. The third kappa shape index (κ3) is 3.80. The van der Waals surface area contributed by atoms with Crippen LogP contribution in [0.4, 0.5) is 5.95 Å². The molecule has 0 radical (unpaired) electrons. The van der Waals surface area contributed by atoms with E-state index in [0.29, 0.717) is 22.5 Å². The van der Waals surface area contributed by atoms with Gasteiger partial charge in [-0.15, -0.1) is 0 Å². The molecule has 0 aliphatic carbocycles. The molecule has 3 heterocycles. The van der Waals surface area contributed by atoms with Crippen molar-refractivity contribution in [2.24, 2.45) is 0 Å². The van der Waals surface area contributed by atoms with Gasteiger partial charge in [-0.3, -0.25) is 14.2 Å². The van der Waals surface area contributed by atoms with Crippen molar-refractivity contribution in [3.8, 4) is 11.1 Å². The number of Topliss-reactive ketones (excluding diaryl/α,β-unsaturated/α-hetero) is 1. The van der Waals surface area contributed by atoms with Gasteiger partial charge in [-0.05, 0) is 36.5 Å². The minimum absolute atomic E-state index is 0.0548. The Bertz CT molecular complexity index is 1310. The fraction of sp³-hybridized carbons (Fsp3) is 0.231. The van der Waals surface area contributed by atoms with Crippen molar-refractivity contribution in [3.05, 3.63) is 88.8 Å². The lowest BCUT2D eigenvalue weighted by molar-refractivity contribution is 0.0971. The van der Waals surface area contributed by atoms with E-state index in [1.165, 1.54) is 4.57 Å². The van der Waals surface area contributed by atoms with Crippen LogP contribution in [0.5, 0.6) is 0 Å². The molecule has 6 nitrogen and oxygen atoms in total. The average Bonchev–Trinajstić information content (AvgIpc) is 2.86. The number of fused-ring (bicyclic) bond motifs is 1. The van der Waals surface area contributed by atoms with Crippen LogP contribution in [0.25, 0.3) is 22.2 Å². The molecule has 1 aliphatic rings. The topological polar surface area (TPSA) is 68.1 Å². The molecule has 0 spiro atoms. The summed E-state index contributed by atoms with van der Waals surface area (Å²) in [5.41, 5.74) is 2.47. The lowest BCUT2D eigenvalue weighted by Crippen LogP contribution is -2.37. The number of nitrogens with zero attached hydrogens (tertiary/aromatic N) is 4. The summed E-state index contributed by atoms with van der Waals surface area (Å²) >= 11 is 0. The fourth-order valence-corrected chi connectivity index (χ4v) is 4.32. The highest BCUT2D eigenvalue weighted by Crippen LogP contribution is 2.26. The molecule has 160 valence electrons. The van der Waals surface area contributed by atoms with Gasteiger partial charge in [-0.25, -0.2) is 4.98 Å². The first kappa shape index (κ1) is 20.1. The molecule has 1 saturated heterocycles. The Hall–Kier alpha value is -3.80. The summed E-state index contributed by atoms with van der Waals surface area (Å²) in [6.07, 6.45) is 4.93. The van der Waals surface area contributed by atoms with Crippen molar-refractivity contribution < 1.29 is 4.79 Å². The standard InChI is InChI=1S/C26H24N4O2/c31-22(20-12-6-2-7-13-20)18-30-25(32)23-21(19-10-4-1-5-11-19)14-15-27-24(23)28-26(30)29-16-8-3-9-17-29/h1-2,4-7,10-15H,3,8-9,16-18H2. The van der Waals surface area contributed by atoms with Crippen LogP contribution in [0.1, 0.15) is 29.6 Å². The number of piperidine rings is 1. The third-order valence-corrected chi connectivity index (χ3v) is 5.96. The molecule has 1 aliphatic heterocycles. The molecule has 0 saturated carbocycles. The van der Waals surface area contributed by atoms with Crippen LogP contribution in [0.15, 0.2) is 77.7 Å². The monoisotopic (exact) mass is 424 g/mol. The van der Waals surface area contributed by atoms with Crippen LogP contribution < -0.4 is 10.5 Å². The van der Waals surface area contributed by atoms with Crippen molar-refractivity contribution in [1.29, 1.82) is 0 Å². The first-order valence-corrected chi connectivity index (χ1v) is 11.0. The Balaban J connectivity index is 1.70. The lowest BCUT2D eigenvalue weighted by Gasteiger charge is -2.29. The molecule has 2 aromatic carbocycles. The van der Waals surface area contributed by atoms with Gasteiger partial charge in [0.05, 0.1) is 11.9 Å². The maximum atomic E-state index is 13.9. The van der Waals surface area contributed by atoms with Crippen LogP contribution in [-0.2, 0) is 6.54 Å². The molecule has 1 fully saturated rings. The Morgan fingerprint density at radius 2 is 1.56 bits per heavy atom. The maximum Gasteiger partial charge on any atom is 0.265 e. The summed E-state index contributed by atoms with van der Waals surface area (Å²) in [6, 6.07) is 20.7. The summed E-state index contributed by atoms with van der Waals surface area (Å²) in [5, 5.41) is 0.445. The maximum absolute atomic E-state index is 13.9. The fourth-order valence-electron chi connectivity index (χ4n) is 4.32. The minimum Gasteiger partial charge on any atom is -0.342 e. The summed E-state index contributed by atoms with van der Waals surface area (Å²) in [4.78, 5) is 38.3. The second-order valence-corrected chi connectivity index (χ2v) is 8.06. The SMILES string of the molecule is O=C(Cn1c(N2CCCCC2)nc2nccc(-c3ccccc3)c2c1=O)c1ccccc1. The highest BCUT2D eigenvalue weighted by molar-refractivity contribution is 5.97. The number of rotatable bonds is 5. The number of carbonyl (C=O) groups excluding carboxylic acids is 1. The van der Waals surface area contributed by atoms with Gasteiger partial charge >= 0.3 is 0 Å². The zero-order valence-electron chi connectivity index (χ0n) is 17.8. The first-order chi connectivity index (χ1) is 15.7. The zero-order chi connectivity index (χ0) is 21.9. The number of hydrogen-bond donors (Lipinski definition) is 0. The van der Waals surface area contributed by atoms with Gasteiger partial charge in [0.1, 0.15) is 0 Å². The van der Waals surface area contributed by atoms with Crippen molar-refractivity contribution in [2.45, 2.75) is 25.8 Å². The number of aromatic nitrogens is 3. The smallest absolute Gasteiger partial charge is 0.265 e. The number of ketones is 1. The molecule has 0 N–H and O–H groups in total. The van der Waals surface area contributed by atoms with E-state index in [-0.39, 0.29) is 17.9 Å². The van der Waals surface area contributed by atoms with Crippen molar-refractivity contribution in [1.82, 2.24) is 14.5 Å². The molecule has 5 rings (SSSR count). The minimum atomic E-state index is -0.230. The number of carbonyl (C=O) groups is 1. The predicted octanol–water partition coefficient (Wildman–Crippen LogP) is 4.33. The van der Waals surface area contributed by atoms with Crippen LogP contribution in [-0.4, -0.2) is 33.4 Å². The Morgan fingerprint density at radius 1 is 0.875 bits per heavy atom. The Morgan fingerprint density at radius 3 is 2.28 bits per heavy atom. The van der Waals surface area contributed by atoms with E-state index in [4.69, 9.17) is 4.98 Å². The molecule has 4 aromatic rings. The van der Waals surface area contributed by atoms with E-state index < -0.39 is 0 Å². The second kappa shape index (κ2) is 8.75. The van der Waals surface area contributed by atoms with E-state index >= 15 is 0 Å². The van der Waals surface area contributed by atoms with Crippen LogP contribution in [0.3, 0.4) is 0 Å². The van der Waals surface area contributed by atoms with Gasteiger partial charge in [0.2, 0.25) is 5.95 Å². The van der Waals surface area contributed by atoms with E-state index in [1.54, 1.807) is 18.3 Å². The van der Waals surface area contributed by atoms with E-state index in [1.807, 2.05) is 54.6 Å². The lowest BCUT2D eigenvalue weighted by atomic mass is 10.0. The molecular weight excluding hydrogens is 400 g/mol. The largest absolute Gasteiger partial charge is 0.342 e. The van der Waals surface area contributed by atoms with Gasteiger partial charge in [0.25, 0.3) is 5.56 Å². The molecule has 0 bridgehead atoms. The highest BCUT2D eigenvalue weighted by atomic mass is 16.1. The number of pyridine rings is 1. The summed E-state index contributed by atoms with van der Waals surface area (Å²) < 4.78 is 1.54. The zero-order valence-corrected chi connectivity index (χ0v) is 17.8. The molecule has 2 aromatic heterocycles. The Kier molecular flexibility index (Phi) is 5.50. The quantitative estimate of drug-likeness (QED) is 0.446. The number of anilines is 1. The normalized spacial score (nSPS) is 13.9. The summed E-state index contributed by atoms with van der Waals surface area (Å²) in [5.74, 6) is 0.418. The molecule has 0 atom stereocenters. The van der Waals surface area contributed by atoms with Crippen LogP contribution in [0, 0.1) is 0 Å². The van der Waals surface area contributed by atoms with E-state index in [9.17, 15) is 9.59 Å². The van der Waals surface area contributed by atoms with Gasteiger partial charge < -0.3 is 4.90 Å². The molecule has 0 unspecified atom stereocenters. The molecule has 6 heteroatoms. The van der Waals surface area contributed by atoms with Crippen molar-refractivity contribution >= 4 is 22.8 Å². The average molecular weight is 425 g/mol. The molecular formula is C26H24N4O2. The Labute approximate surface area is 186 Å². The van der Waals surface area contributed by atoms with Crippen molar-refractivity contribution in [3.63, 3.8) is 0 Å². The van der Waals surface area contributed by atoms with E-state index in [0.717, 1.165) is 43.5 Å². The molecule has 0 amide bonds. The van der Waals surface area contributed by atoms with Gasteiger partial charge in [-0.2, -0.15) is 4.98 Å². The van der Waals surface area contributed by atoms with E-state index in [2.05, 4.69) is 9.88 Å². The third-order valence-electron chi connectivity index (χ3n) is 5.96. The van der Waals surface area contributed by atoms with Gasteiger partial charge in [0, 0.05) is 24.8 Å². The van der Waals surface area contributed by atoms with Crippen molar-refractivity contribution in [2.75, 3.05) is 18.0 Å². The van der Waals surface area contributed by atoms with Crippen LogP contribution in [0.2, 0.25) is 0 Å². The second-order valence-electron chi connectivity index (χ2n) is 8.06. The highest BCUT2D eigenvalue weighted by Gasteiger charge is 2.23. The first-order valence-electron chi connectivity index (χ1n) is 11.0. The summed E-state index contributed by atoms with van der Waals surface area (Å²) in [6.45, 7) is 1.58.